The Bertz CT molecular complexity index is 1290. The van der Waals surface area contributed by atoms with Crippen molar-refractivity contribution in [2.45, 2.75) is 88.8 Å². The topological polar surface area (TPSA) is 70.2 Å². The molecule has 5 rings (SSSR count). The Morgan fingerprint density at radius 2 is 1.55 bits per heavy atom. The Kier molecular flexibility index (Phi) is 8.07. The van der Waals surface area contributed by atoms with E-state index in [1.54, 1.807) is 28.6 Å². The van der Waals surface area contributed by atoms with E-state index >= 15 is 0 Å². The van der Waals surface area contributed by atoms with E-state index in [1.807, 2.05) is 31.7 Å². The van der Waals surface area contributed by atoms with E-state index in [0.29, 0.717) is 36.5 Å². The summed E-state index contributed by atoms with van der Waals surface area (Å²) in [7, 11) is -3.57. The summed E-state index contributed by atoms with van der Waals surface area (Å²) in [5, 5.41) is 0. The number of carbonyl (C=O) groups is 1. The maximum Gasteiger partial charge on any atom is 0.410 e. The monoisotopic (exact) mass is 567 g/mol. The van der Waals surface area contributed by atoms with Crippen LogP contribution < -0.4 is 0 Å². The molecular formula is C32H45N3O4S. The van der Waals surface area contributed by atoms with E-state index < -0.39 is 15.6 Å². The van der Waals surface area contributed by atoms with Gasteiger partial charge >= 0.3 is 6.09 Å². The lowest BCUT2D eigenvalue weighted by atomic mass is 9.59. The Balaban J connectivity index is 1.32. The number of hydrogen-bond donors (Lipinski definition) is 0. The number of likely N-dealkylation sites (tertiary alicyclic amines) is 1. The molecule has 3 aliphatic rings. The first-order valence-electron chi connectivity index (χ1n) is 14.8. The standard InChI is InChI=1S/C32H45N3O4S/c1-24(2)27-13-9-10-14-28(27)29-23-34(40(37,38)26-11-7-6-8-12-26)19-20-35(29)25-21-32(22-25)15-17-33(18-16-32)30(36)39-31(3,4)5/h6-14,24-25,29H,15-23H2,1-5H3. The first kappa shape index (κ1) is 29.1. The Morgan fingerprint density at radius 3 is 2.17 bits per heavy atom. The average Bonchev–Trinajstić information content (AvgIpc) is 2.91. The van der Waals surface area contributed by atoms with Crippen LogP contribution in [0.2, 0.25) is 0 Å². The zero-order chi connectivity index (χ0) is 28.7. The molecule has 3 fully saturated rings. The maximum atomic E-state index is 13.6. The number of carbonyl (C=O) groups excluding carboxylic acids is 1. The van der Waals surface area contributed by atoms with Gasteiger partial charge in [-0.05, 0) is 81.0 Å². The van der Waals surface area contributed by atoms with Crippen LogP contribution in [0.1, 0.15) is 83.4 Å². The zero-order valence-corrected chi connectivity index (χ0v) is 25.5. The smallest absolute Gasteiger partial charge is 0.410 e. The second-order valence-electron chi connectivity index (χ2n) is 13.2. The zero-order valence-electron chi connectivity index (χ0n) is 24.7. The van der Waals surface area contributed by atoms with E-state index in [-0.39, 0.29) is 17.6 Å². The quantitative estimate of drug-likeness (QED) is 0.441. The van der Waals surface area contributed by atoms with E-state index in [1.165, 1.54) is 11.1 Å². The van der Waals surface area contributed by atoms with Gasteiger partial charge in [0.15, 0.2) is 0 Å². The van der Waals surface area contributed by atoms with Crippen LogP contribution in [0.5, 0.6) is 0 Å². The third-order valence-electron chi connectivity index (χ3n) is 9.02. The van der Waals surface area contributed by atoms with Crippen LogP contribution in [-0.4, -0.2) is 73.0 Å². The van der Waals surface area contributed by atoms with Crippen LogP contribution in [0.15, 0.2) is 59.5 Å². The fraction of sp³-hybridized carbons (Fsp3) is 0.594. The molecule has 1 unspecified atom stereocenters. The van der Waals surface area contributed by atoms with Gasteiger partial charge in [0.1, 0.15) is 5.60 Å². The summed E-state index contributed by atoms with van der Waals surface area (Å²) < 4.78 is 34.5. The highest BCUT2D eigenvalue weighted by atomic mass is 32.2. The van der Waals surface area contributed by atoms with Crippen molar-refractivity contribution in [1.29, 1.82) is 0 Å². The van der Waals surface area contributed by atoms with Crippen LogP contribution >= 0.6 is 0 Å². The second kappa shape index (κ2) is 11.1. The van der Waals surface area contributed by atoms with Crippen LogP contribution in [0.25, 0.3) is 0 Å². The van der Waals surface area contributed by atoms with Gasteiger partial charge in [0.2, 0.25) is 10.0 Å². The predicted octanol–water partition coefficient (Wildman–Crippen LogP) is 6.04. The third-order valence-corrected chi connectivity index (χ3v) is 10.9. The van der Waals surface area contributed by atoms with Crippen LogP contribution in [-0.2, 0) is 14.8 Å². The Labute approximate surface area is 240 Å². The number of piperidine rings is 1. The molecule has 0 radical (unpaired) electrons. The summed E-state index contributed by atoms with van der Waals surface area (Å²) in [6.45, 7) is 13.3. The number of hydrogen-bond acceptors (Lipinski definition) is 5. The summed E-state index contributed by atoms with van der Waals surface area (Å²) in [4.78, 5) is 17.4. The molecule has 218 valence electrons. The van der Waals surface area contributed by atoms with Gasteiger partial charge in [0.25, 0.3) is 0 Å². The number of rotatable bonds is 5. The average molecular weight is 568 g/mol. The number of nitrogens with zero attached hydrogens (tertiary/aromatic N) is 3. The lowest BCUT2D eigenvalue weighted by Crippen LogP contribution is -2.60. The van der Waals surface area contributed by atoms with Crippen molar-refractivity contribution in [2.75, 3.05) is 32.7 Å². The van der Waals surface area contributed by atoms with Crippen molar-refractivity contribution < 1.29 is 17.9 Å². The predicted molar refractivity (Wildman–Crippen MR) is 158 cm³/mol. The molecule has 1 saturated carbocycles. The molecule has 0 bridgehead atoms. The molecule has 40 heavy (non-hydrogen) atoms. The van der Waals surface area contributed by atoms with Gasteiger partial charge in [-0.3, -0.25) is 4.90 Å². The fourth-order valence-corrected chi connectivity index (χ4v) is 8.32. The Morgan fingerprint density at radius 1 is 0.925 bits per heavy atom. The minimum atomic E-state index is -3.57. The minimum absolute atomic E-state index is 0.00930. The summed E-state index contributed by atoms with van der Waals surface area (Å²) in [5.74, 6) is 0.351. The van der Waals surface area contributed by atoms with Gasteiger partial charge in [-0.1, -0.05) is 56.3 Å². The lowest BCUT2D eigenvalue weighted by Gasteiger charge is -2.58. The SMILES string of the molecule is CC(C)c1ccccc1C1CN(S(=O)(=O)c2ccccc2)CCN1C1CC2(CCN(C(=O)OC(C)(C)C)CC2)C1. The largest absolute Gasteiger partial charge is 0.444 e. The van der Waals surface area contributed by atoms with Crippen molar-refractivity contribution in [1.82, 2.24) is 14.1 Å². The van der Waals surface area contributed by atoms with E-state index in [9.17, 15) is 13.2 Å². The van der Waals surface area contributed by atoms with Gasteiger partial charge in [-0.25, -0.2) is 13.2 Å². The highest BCUT2D eigenvalue weighted by molar-refractivity contribution is 7.89. The van der Waals surface area contributed by atoms with Crippen LogP contribution in [0.3, 0.4) is 0 Å². The highest BCUT2D eigenvalue weighted by Gasteiger charge is 2.51. The molecule has 2 aliphatic heterocycles. The number of sulfonamides is 1. The number of amides is 1. The molecule has 0 aromatic heterocycles. The van der Waals surface area contributed by atoms with Gasteiger partial charge in [-0.15, -0.1) is 0 Å². The van der Waals surface area contributed by atoms with E-state index in [4.69, 9.17) is 4.74 Å². The van der Waals surface area contributed by atoms with Crippen molar-refractivity contribution >= 4 is 16.1 Å². The number of benzene rings is 2. The first-order chi connectivity index (χ1) is 18.9. The lowest BCUT2D eigenvalue weighted by molar-refractivity contribution is -0.0709. The normalized spacial score (nSPS) is 22.9. The molecule has 7 nitrogen and oxygen atoms in total. The van der Waals surface area contributed by atoms with Crippen LogP contribution in [0, 0.1) is 5.41 Å². The molecule has 2 heterocycles. The molecule has 8 heteroatoms. The number of ether oxygens (including phenoxy) is 1. The molecule has 1 amide bonds. The fourth-order valence-electron chi connectivity index (χ4n) is 6.86. The summed E-state index contributed by atoms with van der Waals surface area (Å²) in [5.41, 5.74) is 2.31. The molecule has 2 aromatic rings. The summed E-state index contributed by atoms with van der Waals surface area (Å²) >= 11 is 0. The third kappa shape index (κ3) is 5.95. The second-order valence-corrected chi connectivity index (χ2v) is 15.2. The van der Waals surface area contributed by atoms with Crippen molar-refractivity contribution in [3.8, 4) is 0 Å². The molecule has 1 atom stereocenters. The Hall–Kier alpha value is -2.42. The van der Waals surface area contributed by atoms with Crippen molar-refractivity contribution in [2.24, 2.45) is 5.41 Å². The van der Waals surface area contributed by atoms with Crippen molar-refractivity contribution in [3.63, 3.8) is 0 Å². The highest BCUT2D eigenvalue weighted by Crippen LogP contribution is 2.53. The number of piperazine rings is 1. The molecule has 2 saturated heterocycles. The summed E-state index contributed by atoms with van der Waals surface area (Å²) in [6.07, 6.45) is 3.98. The van der Waals surface area contributed by atoms with E-state index in [0.717, 1.165) is 38.8 Å². The maximum absolute atomic E-state index is 13.6. The summed E-state index contributed by atoms with van der Waals surface area (Å²) in [6, 6.07) is 17.8. The molecular weight excluding hydrogens is 522 g/mol. The van der Waals surface area contributed by atoms with Gasteiger partial charge in [0.05, 0.1) is 4.90 Å². The molecule has 1 spiro atoms. The molecule has 2 aromatic carbocycles. The van der Waals surface area contributed by atoms with Gasteiger partial charge in [-0.2, -0.15) is 4.31 Å². The van der Waals surface area contributed by atoms with Gasteiger partial charge < -0.3 is 9.64 Å². The molecule has 1 aliphatic carbocycles. The van der Waals surface area contributed by atoms with E-state index in [2.05, 4.69) is 43.0 Å². The van der Waals surface area contributed by atoms with Gasteiger partial charge in [0, 0.05) is 44.8 Å². The minimum Gasteiger partial charge on any atom is -0.444 e. The van der Waals surface area contributed by atoms with Crippen LogP contribution in [0.4, 0.5) is 4.79 Å². The van der Waals surface area contributed by atoms with Crippen molar-refractivity contribution in [3.05, 3.63) is 65.7 Å². The molecule has 0 N–H and O–H groups in total. The first-order valence-corrected chi connectivity index (χ1v) is 16.2.